The maximum Gasteiger partial charge on any atom is 0.266 e. The van der Waals surface area contributed by atoms with Gasteiger partial charge < -0.3 is 5.32 Å². The van der Waals surface area contributed by atoms with E-state index in [0.29, 0.717) is 10.1 Å². The van der Waals surface area contributed by atoms with Crippen LogP contribution in [0.25, 0.3) is 0 Å². The van der Waals surface area contributed by atoms with Crippen molar-refractivity contribution in [3.05, 3.63) is 62.3 Å². The summed E-state index contributed by atoms with van der Waals surface area (Å²) in [4.78, 5) is 15.7. The molecule has 0 amide bonds. The second-order valence-electron chi connectivity index (χ2n) is 3.90. The highest BCUT2D eigenvalue weighted by Crippen LogP contribution is 1.97. The second kappa shape index (κ2) is 6.65. The van der Waals surface area contributed by atoms with Crippen molar-refractivity contribution in [3.8, 4) is 0 Å². The molecule has 0 saturated carbocycles. The Morgan fingerprint density at radius 1 is 1.28 bits per heavy atom. The quantitative estimate of drug-likeness (QED) is 0.655. The van der Waals surface area contributed by atoms with Crippen LogP contribution in [0.4, 0.5) is 0 Å². The average molecular weight is 355 g/mol. The summed E-state index contributed by atoms with van der Waals surface area (Å²) in [6.45, 7) is 2.19. The summed E-state index contributed by atoms with van der Waals surface area (Å²) in [7, 11) is 0. The molecule has 0 bridgehead atoms. The van der Waals surface area contributed by atoms with Gasteiger partial charge in [-0.15, -0.1) is 0 Å². The van der Waals surface area contributed by atoms with Crippen LogP contribution in [-0.4, -0.2) is 16.1 Å². The van der Waals surface area contributed by atoms with Crippen LogP contribution in [0.3, 0.4) is 0 Å². The van der Waals surface area contributed by atoms with Gasteiger partial charge in [-0.25, -0.2) is 4.98 Å². The molecule has 2 aromatic rings. The first kappa shape index (κ1) is 13.2. The zero-order valence-electron chi connectivity index (χ0n) is 9.84. The molecule has 0 spiro atoms. The Balaban J connectivity index is 1.82. The zero-order chi connectivity index (χ0) is 12.8. The van der Waals surface area contributed by atoms with E-state index in [9.17, 15) is 4.79 Å². The molecule has 5 heteroatoms. The smallest absolute Gasteiger partial charge is 0.266 e. The molecule has 1 N–H and O–H groups in total. The van der Waals surface area contributed by atoms with Crippen molar-refractivity contribution >= 4 is 22.6 Å². The van der Waals surface area contributed by atoms with Crippen molar-refractivity contribution in [2.75, 3.05) is 6.54 Å². The van der Waals surface area contributed by atoms with Gasteiger partial charge in [0.05, 0.1) is 9.90 Å². The number of nitrogens with one attached hydrogen (secondary N) is 1. The normalized spacial score (nSPS) is 10.5. The molecule has 1 aromatic carbocycles. The fourth-order valence-electron chi connectivity index (χ4n) is 1.61. The second-order valence-corrected chi connectivity index (χ2v) is 5.06. The summed E-state index contributed by atoms with van der Waals surface area (Å²) in [5, 5.41) is 3.31. The molecule has 1 aromatic heterocycles. The van der Waals surface area contributed by atoms with Gasteiger partial charge in [0.15, 0.2) is 0 Å². The zero-order valence-corrected chi connectivity index (χ0v) is 12.0. The molecule has 0 saturated heterocycles. The van der Waals surface area contributed by atoms with Crippen LogP contribution < -0.4 is 10.9 Å². The van der Waals surface area contributed by atoms with Crippen LogP contribution >= 0.6 is 22.6 Å². The highest BCUT2D eigenvalue weighted by molar-refractivity contribution is 14.1. The van der Waals surface area contributed by atoms with Crippen molar-refractivity contribution in [3.63, 3.8) is 0 Å². The number of rotatable bonds is 5. The van der Waals surface area contributed by atoms with E-state index in [4.69, 9.17) is 0 Å². The van der Waals surface area contributed by atoms with Gasteiger partial charge >= 0.3 is 0 Å². The van der Waals surface area contributed by atoms with E-state index in [0.717, 1.165) is 13.1 Å². The largest absolute Gasteiger partial charge is 0.311 e. The maximum absolute atomic E-state index is 11.7. The van der Waals surface area contributed by atoms with Gasteiger partial charge in [0.1, 0.15) is 0 Å². The van der Waals surface area contributed by atoms with Crippen LogP contribution in [0.2, 0.25) is 0 Å². The lowest BCUT2D eigenvalue weighted by Crippen LogP contribution is -2.28. The third kappa shape index (κ3) is 3.64. The van der Waals surface area contributed by atoms with Crippen LogP contribution in [-0.2, 0) is 13.1 Å². The summed E-state index contributed by atoms with van der Waals surface area (Å²) >= 11 is 2.00. The summed E-state index contributed by atoms with van der Waals surface area (Å²) in [6, 6.07) is 10.2. The molecule has 0 aliphatic carbocycles. The van der Waals surface area contributed by atoms with Crippen LogP contribution in [0.15, 0.2) is 47.7 Å². The number of hydrogen-bond donors (Lipinski definition) is 1. The van der Waals surface area contributed by atoms with Gasteiger partial charge in [-0.1, -0.05) is 30.3 Å². The van der Waals surface area contributed by atoms with Crippen molar-refractivity contribution in [1.82, 2.24) is 14.9 Å². The summed E-state index contributed by atoms with van der Waals surface area (Å²) < 4.78 is 2.28. The van der Waals surface area contributed by atoms with Gasteiger partial charge in [-0.05, 0) is 28.2 Å². The minimum absolute atomic E-state index is 0.0205. The number of benzene rings is 1. The molecule has 0 aliphatic heterocycles. The molecule has 0 radical (unpaired) electrons. The molecule has 1 heterocycles. The molecule has 18 heavy (non-hydrogen) atoms. The molecule has 4 nitrogen and oxygen atoms in total. The van der Waals surface area contributed by atoms with E-state index < -0.39 is 0 Å². The standard InChI is InChI=1S/C13H14IN3O/c14-12-9-16-10-17(13(12)18)7-6-15-8-11-4-2-1-3-5-11/h1-5,9-10,15H,6-8H2. The van der Waals surface area contributed by atoms with Crippen molar-refractivity contribution in [2.24, 2.45) is 0 Å². The van der Waals surface area contributed by atoms with Crippen molar-refractivity contribution in [1.29, 1.82) is 0 Å². The fraction of sp³-hybridized carbons (Fsp3) is 0.231. The van der Waals surface area contributed by atoms with Gasteiger partial charge in [-0.3, -0.25) is 9.36 Å². The Bertz CT molecular complexity index is 554. The number of hydrogen-bond acceptors (Lipinski definition) is 3. The Kier molecular flexibility index (Phi) is 4.89. The van der Waals surface area contributed by atoms with E-state index in [1.807, 2.05) is 40.8 Å². The number of halogens is 1. The molecule has 2 rings (SSSR count). The summed E-state index contributed by atoms with van der Waals surface area (Å²) in [5.74, 6) is 0. The Labute approximate surface area is 119 Å². The Morgan fingerprint density at radius 3 is 2.83 bits per heavy atom. The van der Waals surface area contributed by atoms with E-state index in [2.05, 4.69) is 22.4 Å². The van der Waals surface area contributed by atoms with Gasteiger partial charge in [0, 0.05) is 25.8 Å². The van der Waals surface area contributed by atoms with Crippen molar-refractivity contribution < 1.29 is 0 Å². The highest BCUT2D eigenvalue weighted by Gasteiger charge is 1.99. The predicted octanol–water partition coefficient (Wildman–Crippen LogP) is 1.64. The molecule has 0 unspecified atom stereocenters. The van der Waals surface area contributed by atoms with E-state index in [1.54, 1.807) is 17.1 Å². The lowest BCUT2D eigenvalue weighted by atomic mass is 10.2. The number of aromatic nitrogens is 2. The van der Waals surface area contributed by atoms with Crippen molar-refractivity contribution in [2.45, 2.75) is 13.1 Å². The molecular formula is C13H14IN3O. The van der Waals surface area contributed by atoms with Gasteiger partial charge in [0.25, 0.3) is 5.56 Å². The minimum atomic E-state index is 0.0205. The first-order valence-corrected chi connectivity index (χ1v) is 6.80. The topological polar surface area (TPSA) is 46.9 Å². The first-order chi connectivity index (χ1) is 8.77. The molecule has 94 valence electrons. The van der Waals surface area contributed by atoms with Gasteiger partial charge in [0.2, 0.25) is 0 Å². The minimum Gasteiger partial charge on any atom is -0.311 e. The summed E-state index contributed by atoms with van der Waals surface area (Å²) in [6.07, 6.45) is 3.16. The van der Waals surface area contributed by atoms with E-state index in [-0.39, 0.29) is 5.56 Å². The maximum atomic E-state index is 11.7. The van der Waals surface area contributed by atoms with Gasteiger partial charge in [-0.2, -0.15) is 0 Å². The Hall–Kier alpha value is -1.21. The lowest BCUT2D eigenvalue weighted by molar-refractivity contribution is 0.576. The SMILES string of the molecule is O=c1c(I)cncn1CCNCc1ccccc1. The molecule has 0 fully saturated rings. The number of nitrogens with zero attached hydrogens (tertiary/aromatic N) is 2. The third-order valence-corrected chi connectivity index (χ3v) is 3.30. The van der Waals surface area contributed by atoms with Crippen LogP contribution in [0, 0.1) is 3.57 Å². The van der Waals surface area contributed by atoms with Crippen LogP contribution in [0.1, 0.15) is 5.56 Å². The lowest BCUT2D eigenvalue weighted by Gasteiger charge is -2.07. The highest BCUT2D eigenvalue weighted by atomic mass is 127. The Morgan fingerprint density at radius 2 is 2.06 bits per heavy atom. The predicted molar refractivity (Wildman–Crippen MR) is 79.4 cm³/mol. The fourth-order valence-corrected chi connectivity index (χ4v) is 2.08. The van der Waals surface area contributed by atoms with Crippen LogP contribution in [0.5, 0.6) is 0 Å². The average Bonchev–Trinajstić information content (AvgIpc) is 2.40. The van der Waals surface area contributed by atoms with E-state index in [1.165, 1.54) is 5.56 Å². The molecule has 0 atom stereocenters. The summed E-state index contributed by atoms with van der Waals surface area (Å²) in [5.41, 5.74) is 1.26. The molecular weight excluding hydrogens is 341 g/mol. The monoisotopic (exact) mass is 355 g/mol. The third-order valence-electron chi connectivity index (χ3n) is 2.56. The first-order valence-electron chi connectivity index (χ1n) is 5.72. The molecule has 0 aliphatic rings. The van der Waals surface area contributed by atoms with E-state index >= 15 is 0 Å².